The fourth-order valence-electron chi connectivity index (χ4n) is 3.58. The van der Waals surface area contributed by atoms with Crippen molar-refractivity contribution in [3.05, 3.63) is 0 Å². The number of aliphatic carboxylic acids is 2. The van der Waals surface area contributed by atoms with Gasteiger partial charge in [-0.3, -0.25) is 19.2 Å². The Labute approximate surface area is 155 Å². The second kappa shape index (κ2) is 8.80. The zero-order valence-electron chi connectivity index (χ0n) is 14.8. The number of hydrogen-bond acceptors (Lipinski definition) is 6. The molecule has 2 saturated heterocycles. The third-order valence-corrected chi connectivity index (χ3v) is 4.86. The molecule has 2 heterocycles. The Bertz CT molecular complexity index is 638. The lowest BCUT2D eigenvalue weighted by Gasteiger charge is -2.31. The van der Waals surface area contributed by atoms with Crippen LogP contribution in [0.15, 0.2) is 0 Å². The van der Waals surface area contributed by atoms with Gasteiger partial charge >= 0.3 is 11.9 Å². The van der Waals surface area contributed by atoms with Crippen molar-refractivity contribution in [1.29, 1.82) is 0 Å². The standard InChI is InChI=1S/C16H24N4O7/c17-8-12(21)19-5-2-4-11(19)15(25)20-6-1-3-10(20)14(24)18-9(16(26)27)7-13(22)23/h9-11H,1-8,17H2,(H,18,24)(H,22,23)(H,26,27). The smallest absolute Gasteiger partial charge is 0.326 e. The molecule has 5 N–H and O–H groups in total. The maximum absolute atomic E-state index is 12.9. The van der Waals surface area contributed by atoms with Crippen LogP contribution in [0.1, 0.15) is 32.1 Å². The predicted molar refractivity (Wildman–Crippen MR) is 90.3 cm³/mol. The normalized spacial score (nSPS) is 23.1. The average molecular weight is 384 g/mol. The lowest BCUT2D eigenvalue weighted by Crippen LogP contribution is -2.55. The van der Waals surface area contributed by atoms with Crippen molar-refractivity contribution in [2.45, 2.75) is 50.2 Å². The summed E-state index contributed by atoms with van der Waals surface area (Å²) in [5.41, 5.74) is 5.38. The largest absolute Gasteiger partial charge is 0.481 e. The maximum atomic E-state index is 12.9. The number of amides is 3. The summed E-state index contributed by atoms with van der Waals surface area (Å²) in [4.78, 5) is 62.0. The Balaban J connectivity index is 2.08. The van der Waals surface area contributed by atoms with Crippen molar-refractivity contribution in [1.82, 2.24) is 15.1 Å². The fourth-order valence-corrected chi connectivity index (χ4v) is 3.58. The summed E-state index contributed by atoms with van der Waals surface area (Å²) in [6.07, 6.45) is 1.27. The number of hydrogen-bond donors (Lipinski definition) is 4. The van der Waals surface area contributed by atoms with Gasteiger partial charge in [-0.2, -0.15) is 0 Å². The molecule has 0 aromatic rings. The minimum atomic E-state index is -1.57. The van der Waals surface area contributed by atoms with Crippen LogP contribution in [0.3, 0.4) is 0 Å². The number of nitrogens with zero attached hydrogens (tertiary/aromatic N) is 2. The number of rotatable bonds is 7. The Kier molecular flexibility index (Phi) is 6.72. The second-order valence-corrected chi connectivity index (χ2v) is 6.64. The van der Waals surface area contributed by atoms with E-state index in [9.17, 15) is 24.0 Å². The molecule has 11 nitrogen and oxygen atoms in total. The van der Waals surface area contributed by atoms with E-state index in [0.29, 0.717) is 38.8 Å². The summed E-state index contributed by atoms with van der Waals surface area (Å²) < 4.78 is 0. The van der Waals surface area contributed by atoms with Gasteiger partial charge in [0.2, 0.25) is 17.7 Å². The third-order valence-electron chi connectivity index (χ3n) is 4.86. The Morgan fingerprint density at radius 3 is 2.15 bits per heavy atom. The fraction of sp³-hybridized carbons (Fsp3) is 0.688. The van der Waals surface area contributed by atoms with E-state index in [-0.39, 0.29) is 18.4 Å². The van der Waals surface area contributed by atoms with Crippen LogP contribution in [0.5, 0.6) is 0 Å². The predicted octanol–water partition coefficient (Wildman–Crippen LogP) is -2.03. The van der Waals surface area contributed by atoms with E-state index < -0.39 is 42.4 Å². The number of carbonyl (C=O) groups excluding carboxylic acids is 3. The Morgan fingerprint density at radius 1 is 1.00 bits per heavy atom. The van der Waals surface area contributed by atoms with Crippen LogP contribution in [0.25, 0.3) is 0 Å². The van der Waals surface area contributed by atoms with Crippen LogP contribution in [0.2, 0.25) is 0 Å². The molecular weight excluding hydrogens is 360 g/mol. The van der Waals surface area contributed by atoms with Crippen LogP contribution in [0.4, 0.5) is 0 Å². The molecule has 3 unspecified atom stereocenters. The summed E-state index contributed by atoms with van der Waals surface area (Å²) in [6, 6.07) is -3.14. The highest BCUT2D eigenvalue weighted by Gasteiger charge is 2.42. The van der Waals surface area contributed by atoms with Gasteiger partial charge in [-0.05, 0) is 25.7 Å². The number of carboxylic acid groups (broad SMARTS) is 2. The molecule has 3 amide bonds. The van der Waals surface area contributed by atoms with E-state index in [1.54, 1.807) is 0 Å². The van der Waals surface area contributed by atoms with Crippen molar-refractivity contribution < 1.29 is 34.2 Å². The zero-order chi connectivity index (χ0) is 20.1. The highest BCUT2D eigenvalue weighted by molar-refractivity contribution is 5.94. The average Bonchev–Trinajstić information content (AvgIpc) is 3.28. The lowest BCUT2D eigenvalue weighted by atomic mass is 10.1. The van der Waals surface area contributed by atoms with E-state index in [1.807, 2.05) is 0 Å². The molecule has 0 aromatic carbocycles. The number of likely N-dealkylation sites (tertiary alicyclic amines) is 2. The van der Waals surface area contributed by atoms with Crippen molar-refractivity contribution in [2.24, 2.45) is 5.73 Å². The van der Waals surface area contributed by atoms with Gasteiger partial charge in [-0.25, -0.2) is 4.79 Å². The lowest BCUT2D eigenvalue weighted by molar-refractivity contribution is -0.149. The highest BCUT2D eigenvalue weighted by Crippen LogP contribution is 2.25. The molecule has 0 aromatic heterocycles. The summed E-state index contributed by atoms with van der Waals surface area (Å²) in [5.74, 6) is -4.22. The molecule has 2 rings (SSSR count). The number of carboxylic acids is 2. The number of nitrogens with one attached hydrogen (secondary N) is 1. The van der Waals surface area contributed by atoms with E-state index in [0.717, 1.165) is 0 Å². The van der Waals surface area contributed by atoms with Gasteiger partial charge in [-0.15, -0.1) is 0 Å². The van der Waals surface area contributed by atoms with Crippen molar-refractivity contribution >= 4 is 29.7 Å². The molecule has 2 aliphatic heterocycles. The molecule has 2 aliphatic rings. The SMILES string of the molecule is NCC(=O)N1CCCC1C(=O)N1CCCC1C(=O)NC(CC(=O)O)C(=O)O. The summed E-state index contributed by atoms with van der Waals surface area (Å²) in [6.45, 7) is 0.536. The van der Waals surface area contributed by atoms with Crippen molar-refractivity contribution in [2.75, 3.05) is 19.6 Å². The van der Waals surface area contributed by atoms with Gasteiger partial charge in [0.1, 0.15) is 18.1 Å². The zero-order valence-corrected chi connectivity index (χ0v) is 14.8. The van der Waals surface area contributed by atoms with E-state index >= 15 is 0 Å². The number of carbonyl (C=O) groups is 5. The minimum Gasteiger partial charge on any atom is -0.481 e. The first-order valence-corrected chi connectivity index (χ1v) is 8.81. The molecule has 2 fully saturated rings. The molecular formula is C16H24N4O7. The van der Waals surface area contributed by atoms with Crippen molar-refractivity contribution in [3.63, 3.8) is 0 Å². The Morgan fingerprint density at radius 2 is 1.59 bits per heavy atom. The maximum Gasteiger partial charge on any atom is 0.326 e. The van der Waals surface area contributed by atoms with Gasteiger partial charge in [-0.1, -0.05) is 0 Å². The van der Waals surface area contributed by atoms with Gasteiger partial charge in [0.15, 0.2) is 0 Å². The van der Waals surface area contributed by atoms with Crippen LogP contribution in [-0.2, 0) is 24.0 Å². The van der Waals surface area contributed by atoms with Gasteiger partial charge in [0.05, 0.1) is 13.0 Å². The van der Waals surface area contributed by atoms with Crippen LogP contribution < -0.4 is 11.1 Å². The van der Waals surface area contributed by atoms with Gasteiger partial charge < -0.3 is 31.1 Å². The highest BCUT2D eigenvalue weighted by atomic mass is 16.4. The topological polar surface area (TPSA) is 170 Å². The second-order valence-electron chi connectivity index (χ2n) is 6.64. The Hall–Kier alpha value is -2.69. The van der Waals surface area contributed by atoms with Crippen LogP contribution in [0, 0.1) is 0 Å². The third kappa shape index (κ3) is 4.73. The molecule has 150 valence electrons. The minimum absolute atomic E-state index is 0.205. The molecule has 0 saturated carbocycles. The molecule has 3 atom stereocenters. The first-order chi connectivity index (χ1) is 12.8. The van der Waals surface area contributed by atoms with E-state index in [2.05, 4.69) is 5.32 Å². The molecule has 0 spiro atoms. The molecule has 11 heteroatoms. The first-order valence-electron chi connectivity index (χ1n) is 8.81. The van der Waals surface area contributed by atoms with Crippen molar-refractivity contribution in [3.8, 4) is 0 Å². The van der Waals surface area contributed by atoms with E-state index in [4.69, 9.17) is 15.9 Å². The van der Waals surface area contributed by atoms with Gasteiger partial charge in [0.25, 0.3) is 0 Å². The molecule has 27 heavy (non-hydrogen) atoms. The summed E-state index contributed by atoms with van der Waals surface area (Å²) in [5, 5.41) is 20.0. The number of nitrogens with two attached hydrogens (primary N) is 1. The molecule has 0 aliphatic carbocycles. The summed E-state index contributed by atoms with van der Waals surface area (Å²) >= 11 is 0. The van der Waals surface area contributed by atoms with Crippen LogP contribution >= 0.6 is 0 Å². The van der Waals surface area contributed by atoms with Crippen LogP contribution in [-0.4, -0.2) is 87.4 Å². The van der Waals surface area contributed by atoms with E-state index in [1.165, 1.54) is 9.80 Å². The summed E-state index contributed by atoms with van der Waals surface area (Å²) in [7, 11) is 0. The quantitative estimate of drug-likeness (QED) is 0.389. The monoisotopic (exact) mass is 384 g/mol. The molecule has 0 bridgehead atoms. The molecule has 0 radical (unpaired) electrons. The first kappa shape index (κ1) is 20.6. The van der Waals surface area contributed by atoms with Gasteiger partial charge in [0, 0.05) is 13.1 Å².